The van der Waals surface area contributed by atoms with Crippen LogP contribution in [0.25, 0.3) is 0 Å². The van der Waals surface area contributed by atoms with Crippen LogP contribution in [0, 0.1) is 0 Å². The van der Waals surface area contributed by atoms with E-state index in [1.165, 1.54) is 6.33 Å². The van der Waals surface area contributed by atoms with Gasteiger partial charge < -0.3 is 14.4 Å². The van der Waals surface area contributed by atoms with E-state index in [1.807, 2.05) is 22.4 Å². The van der Waals surface area contributed by atoms with E-state index in [0.29, 0.717) is 32.7 Å². The Hall–Kier alpha value is -1.77. The molecule has 2 aliphatic heterocycles. The molecule has 0 aliphatic carbocycles. The third kappa shape index (κ3) is 3.15. The van der Waals surface area contributed by atoms with Gasteiger partial charge in [-0.2, -0.15) is 5.10 Å². The Morgan fingerprint density at radius 3 is 2.70 bits per heavy atom. The van der Waals surface area contributed by atoms with Crippen molar-refractivity contribution in [2.45, 2.75) is 24.7 Å². The number of nitrogens with zero attached hydrogens (tertiary/aromatic N) is 4. The number of hydrogen-bond acceptors (Lipinski definition) is 6. The fourth-order valence-corrected chi connectivity index (χ4v) is 3.71. The highest BCUT2D eigenvalue weighted by Gasteiger charge is 2.39. The minimum Gasteiger partial charge on any atom is -0.371 e. The van der Waals surface area contributed by atoms with Crippen LogP contribution < -0.4 is 0 Å². The van der Waals surface area contributed by atoms with E-state index in [2.05, 4.69) is 10.1 Å². The number of rotatable bonds is 3. The monoisotopic (exact) mass is 334 g/mol. The molecule has 2 aromatic heterocycles. The smallest absolute Gasteiger partial charge is 0.228 e. The van der Waals surface area contributed by atoms with Crippen molar-refractivity contribution in [3.05, 3.63) is 35.0 Å². The van der Waals surface area contributed by atoms with Crippen molar-refractivity contribution in [2.75, 3.05) is 26.3 Å². The highest BCUT2D eigenvalue weighted by Crippen LogP contribution is 2.24. The van der Waals surface area contributed by atoms with Crippen LogP contribution in [-0.2, 0) is 20.7 Å². The van der Waals surface area contributed by atoms with Crippen LogP contribution in [-0.4, -0.2) is 64.1 Å². The van der Waals surface area contributed by atoms with Crippen LogP contribution in [0.1, 0.15) is 10.9 Å². The SMILES string of the molecule is O=C(Cc1cccs1)N1C[C@@H]2OCC(n3cncn3)CO[C@H]2C1. The summed E-state index contributed by atoms with van der Waals surface area (Å²) < 4.78 is 13.7. The predicted octanol–water partition coefficient (Wildman–Crippen LogP) is 0.750. The van der Waals surface area contributed by atoms with Gasteiger partial charge in [0.1, 0.15) is 30.9 Å². The lowest BCUT2D eigenvalue weighted by Crippen LogP contribution is -2.32. The summed E-state index contributed by atoms with van der Waals surface area (Å²) in [5, 5.41) is 6.14. The van der Waals surface area contributed by atoms with E-state index in [4.69, 9.17) is 9.47 Å². The van der Waals surface area contributed by atoms with E-state index in [1.54, 1.807) is 22.3 Å². The topological polar surface area (TPSA) is 69.5 Å². The number of carbonyl (C=O) groups excluding carboxylic acids is 1. The molecule has 4 rings (SSSR count). The Balaban J connectivity index is 1.35. The van der Waals surface area contributed by atoms with Crippen LogP contribution in [0.4, 0.5) is 0 Å². The molecule has 0 bridgehead atoms. The summed E-state index contributed by atoms with van der Waals surface area (Å²) in [7, 11) is 0. The number of hydrogen-bond donors (Lipinski definition) is 0. The number of fused-ring (bicyclic) bond motifs is 1. The molecule has 2 aliphatic rings. The van der Waals surface area contributed by atoms with Crippen molar-refractivity contribution in [1.29, 1.82) is 0 Å². The second-order valence-corrected chi connectivity index (χ2v) is 6.86. The Labute approximate surface area is 137 Å². The summed E-state index contributed by atoms with van der Waals surface area (Å²) in [6.45, 7) is 2.24. The third-order valence-electron chi connectivity index (χ3n) is 4.29. The Morgan fingerprint density at radius 2 is 2.09 bits per heavy atom. The quantitative estimate of drug-likeness (QED) is 0.828. The Kier molecular flexibility index (Phi) is 4.11. The number of aromatic nitrogens is 3. The summed E-state index contributed by atoms with van der Waals surface area (Å²) in [4.78, 5) is 19.3. The molecule has 4 heterocycles. The van der Waals surface area contributed by atoms with Crippen molar-refractivity contribution in [2.24, 2.45) is 0 Å². The zero-order valence-corrected chi connectivity index (χ0v) is 13.4. The van der Waals surface area contributed by atoms with Gasteiger partial charge in [0.05, 0.1) is 19.6 Å². The molecule has 0 radical (unpaired) electrons. The summed E-state index contributed by atoms with van der Waals surface area (Å²) >= 11 is 1.61. The number of thiophene rings is 1. The molecule has 7 nitrogen and oxygen atoms in total. The maximum atomic E-state index is 12.4. The van der Waals surface area contributed by atoms with Crippen LogP contribution >= 0.6 is 11.3 Å². The molecule has 122 valence electrons. The van der Waals surface area contributed by atoms with E-state index < -0.39 is 0 Å². The Bertz CT molecular complexity index is 630. The highest BCUT2D eigenvalue weighted by atomic mass is 32.1. The average Bonchev–Trinajstić information content (AvgIpc) is 3.28. The number of ether oxygens (including phenoxy) is 2. The Morgan fingerprint density at radius 1 is 1.30 bits per heavy atom. The van der Waals surface area contributed by atoms with Gasteiger partial charge in [0.25, 0.3) is 0 Å². The van der Waals surface area contributed by atoms with E-state index in [0.717, 1.165) is 4.88 Å². The summed E-state index contributed by atoms with van der Waals surface area (Å²) in [5.74, 6) is 0.139. The van der Waals surface area contributed by atoms with Gasteiger partial charge in [-0.1, -0.05) is 6.07 Å². The van der Waals surface area contributed by atoms with E-state index in [-0.39, 0.29) is 24.2 Å². The molecule has 2 saturated heterocycles. The van der Waals surface area contributed by atoms with Crippen molar-refractivity contribution in [1.82, 2.24) is 19.7 Å². The zero-order chi connectivity index (χ0) is 15.6. The van der Waals surface area contributed by atoms with Gasteiger partial charge in [-0.15, -0.1) is 11.3 Å². The van der Waals surface area contributed by atoms with Gasteiger partial charge in [-0.25, -0.2) is 9.67 Å². The molecular formula is C15H18N4O3S. The van der Waals surface area contributed by atoms with E-state index in [9.17, 15) is 4.79 Å². The molecule has 0 spiro atoms. The fourth-order valence-electron chi connectivity index (χ4n) is 3.02. The molecule has 2 fully saturated rings. The van der Waals surface area contributed by atoms with Gasteiger partial charge in [0, 0.05) is 18.0 Å². The molecule has 0 aromatic carbocycles. The van der Waals surface area contributed by atoms with Gasteiger partial charge >= 0.3 is 0 Å². The molecule has 0 N–H and O–H groups in total. The molecule has 0 saturated carbocycles. The van der Waals surface area contributed by atoms with Crippen molar-refractivity contribution in [3.8, 4) is 0 Å². The van der Waals surface area contributed by atoms with Crippen molar-refractivity contribution in [3.63, 3.8) is 0 Å². The third-order valence-corrected chi connectivity index (χ3v) is 5.17. The first kappa shape index (κ1) is 14.8. The second kappa shape index (κ2) is 6.38. The van der Waals surface area contributed by atoms with Crippen LogP contribution in [0.5, 0.6) is 0 Å². The predicted molar refractivity (Wildman–Crippen MR) is 83.1 cm³/mol. The lowest BCUT2D eigenvalue weighted by atomic mass is 10.3. The van der Waals surface area contributed by atoms with Gasteiger partial charge in [0.2, 0.25) is 5.91 Å². The lowest BCUT2D eigenvalue weighted by Gasteiger charge is -2.18. The second-order valence-electron chi connectivity index (χ2n) is 5.83. The first-order valence-corrected chi connectivity index (χ1v) is 8.55. The number of amides is 1. The summed E-state index contributed by atoms with van der Waals surface area (Å²) in [6, 6.07) is 4.00. The maximum Gasteiger partial charge on any atom is 0.228 e. The first-order valence-electron chi connectivity index (χ1n) is 7.67. The van der Waals surface area contributed by atoms with Crippen LogP contribution in [0.15, 0.2) is 30.2 Å². The summed E-state index contributed by atoms with van der Waals surface area (Å²) in [6.07, 6.45) is 3.52. The largest absolute Gasteiger partial charge is 0.371 e. The van der Waals surface area contributed by atoms with Crippen molar-refractivity contribution >= 4 is 17.2 Å². The normalized spacial score (nSPS) is 25.3. The van der Waals surface area contributed by atoms with Crippen LogP contribution in [0.2, 0.25) is 0 Å². The van der Waals surface area contributed by atoms with Gasteiger partial charge in [-0.05, 0) is 11.4 Å². The average molecular weight is 334 g/mol. The minimum atomic E-state index is -0.0594. The van der Waals surface area contributed by atoms with Gasteiger partial charge in [0.15, 0.2) is 0 Å². The van der Waals surface area contributed by atoms with Crippen LogP contribution in [0.3, 0.4) is 0 Å². The molecule has 8 heteroatoms. The molecule has 2 aromatic rings. The number of likely N-dealkylation sites (tertiary alicyclic amines) is 1. The molecule has 23 heavy (non-hydrogen) atoms. The standard InChI is InChI=1S/C15H18N4O3S/c20-15(4-12-2-1-3-23-12)18-5-13-14(6-18)22-8-11(7-21-13)19-10-16-9-17-19/h1-3,9-11,13-14H,4-8H2/t13-,14-/m0/s1. The fraction of sp³-hybridized carbons (Fsp3) is 0.533. The zero-order valence-electron chi connectivity index (χ0n) is 12.6. The van der Waals surface area contributed by atoms with Gasteiger partial charge in [-0.3, -0.25) is 4.79 Å². The molecule has 0 unspecified atom stereocenters. The first-order chi connectivity index (χ1) is 11.3. The molecular weight excluding hydrogens is 316 g/mol. The minimum absolute atomic E-state index is 0.0402. The lowest BCUT2D eigenvalue weighted by molar-refractivity contribution is -0.130. The maximum absolute atomic E-state index is 12.4. The highest BCUT2D eigenvalue weighted by molar-refractivity contribution is 7.10. The number of carbonyl (C=O) groups is 1. The van der Waals surface area contributed by atoms with E-state index >= 15 is 0 Å². The molecule has 1 amide bonds. The molecule has 2 atom stereocenters. The summed E-state index contributed by atoms with van der Waals surface area (Å²) in [5.41, 5.74) is 0. The van der Waals surface area contributed by atoms with Crippen molar-refractivity contribution < 1.29 is 14.3 Å².